The van der Waals surface area contributed by atoms with Gasteiger partial charge in [-0.2, -0.15) is 0 Å². The van der Waals surface area contributed by atoms with E-state index in [1.54, 1.807) is 7.11 Å². The van der Waals surface area contributed by atoms with Crippen LogP contribution >= 0.6 is 27.5 Å². The lowest BCUT2D eigenvalue weighted by Crippen LogP contribution is -2.47. The second-order valence-corrected chi connectivity index (χ2v) is 6.03. The summed E-state index contributed by atoms with van der Waals surface area (Å²) in [5.74, 6) is 0. The molecule has 1 atom stereocenters. The van der Waals surface area contributed by atoms with Gasteiger partial charge in [0.25, 0.3) is 0 Å². The van der Waals surface area contributed by atoms with Gasteiger partial charge in [-0.3, -0.25) is 0 Å². The van der Waals surface area contributed by atoms with Crippen LogP contribution in [0.4, 0.5) is 5.69 Å². The van der Waals surface area contributed by atoms with E-state index in [1.165, 1.54) is 5.56 Å². The van der Waals surface area contributed by atoms with Crippen LogP contribution in [0.1, 0.15) is 25.3 Å². The lowest BCUT2D eigenvalue weighted by Gasteiger charge is -2.41. The average molecular weight is 333 g/mol. The molecule has 0 aromatic heterocycles. The molecule has 0 saturated carbocycles. The van der Waals surface area contributed by atoms with Gasteiger partial charge in [0, 0.05) is 25.5 Å². The first-order chi connectivity index (χ1) is 8.59. The Morgan fingerprint density at radius 1 is 1.50 bits per heavy atom. The van der Waals surface area contributed by atoms with Crippen molar-refractivity contribution in [3.05, 3.63) is 28.8 Å². The fourth-order valence-corrected chi connectivity index (χ4v) is 3.35. The molecule has 2 nitrogen and oxygen atoms in total. The summed E-state index contributed by atoms with van der Waals surface area (Å²) in [6.07, 6.45) is 2.24. The van der Waals surface area contributed by atoms with Crippen LogP contribution in [0.3, 0.4) is 0 Å². The van der Waals surface area contributed by atoms with Gasteiger partial charge < -0.3 is 9.64 Å². The number of halogens is 2. The first-order valence-electron chi connectivity index (χ1n) is 6.23. The van der Waals surface area contributed by atoms with Crippen LogP contribution in [-0.4, -0.2) is 25.8 Å². The Bertz CT molecular complexity index is 426. The van der Waals surface area contributed by atoms with E-state index in [-0.39, 0.29) is 5.60 Å². The maximum atomic E-state index is 6.37. The number of piperidine rings is 1. The molecular formula is C14H19BrClNO. The molecular weight excluding hydrogens is 314 g/mol. The fourth-order valence-electron chi connectivity index (χ4n) is 2.59. The van der Waals surface area contributed by atoms with Crippen molar-refractivity contribution in [3.63, 3.8) is 0 Å². The zero-order valence-electron chi connectivity index (χ0n) is 10.9. The normalized spacial score (nSPS) is 24.3. The SMILES string of the molecule is COC1(C)CCCN(c2c(Cl)cccc2CBr)C1. The van der Waals surface area contributed by atoms with Crippen molar-refractivity contribution in [1.82, 2.24) is 0 Å². The Hall–Kier alpha value is -0.250. The maximum Gasteiger partial charge on any atom is 0.0825 e. The minimum absolute atomic E-state index is 0.0684. The number of rotatable bonds is 3. The third-order valence-corrected chi connectivity index (χ3v) is 4.59. The number of anilines is 1. The molecule has 2 rings (SSSR count). The Morgan fingerprint density at radius 2 is 2.28 bits per heavy atom. The van der Waals surface area contributed by atoms with Crippen molar-refractivity contribution < 1.29 is 4.74 Å². The third kappa shape index (κ3) is 2.84. The standard InChI is InChI=1S/C14H19BrClNO/c1-14(18-2)7-4-8-17(10-14)13-11(9-15)5-3-6-12(13)16/h3,5-6H,4,7-10H2,1-2H3. The van der Waals surface area contributed by atoms with E-state index in [2.05, 4.69) is 33.8 Å². The molecule has 1 aliphatic heterocycles. The van der Waals surface area contributed by atoms with E-state index in [9.17, 15) is 0 Å². The molecule has 1 saturated heterocycles. The summed E-state index contributed by atoms with van der Waals surface area (Å²) in [6, 6.07) is 6.08. The van der Waals surface area contributed by atoms with Crippen LogP contribution < -0.4 is 4.90 Å². The third-order valence-electron chi connectivity index (χ3n) is 3.68. The summed E-state index contributed by atoms with van der Waals surface area (Å²) >= 11 is 9.91. The number of alkyl halides is 1. The summed E-state index contributed by atoms with van der Waals surface area (Å²) in [4.78, 5) is 2.35. The van der Waals surface area contributed by atoms with Crippen molar-refractivity contribution in [2.24, 2.45) is 0 Å². The zero-order chi connectivity index (χ0) is 13.2. The molecule has 0 bridgehead atoms. The number of benzene rings is 1. The molecule has 0 spiro atoms. The molecule has 0 aliphatic carbocycles. The molecule has 18 heavy (non-hydrogen) atoms. The maximum absolute atomic E-state index is 6.37. The summed E-state index contributed by atoms with van der Waals surface area (Å²) < 4.78 is 5.65. The molecule has 1 aromatic rings. The van der Waals surface area contributed by atoms with E-state index in [4.69, 9.17) is 16.3 Å². The summed E-state index contributed by atoms with van der Waals surface area (Å²) in [5, 5.41) is 1.65. The van der Waals surface area contributed by atoms with Crippen molar-refractivity contribution in [1.29, 1.82) is 0 Å². The first kappa shape index (κ1) is 14.2. The van der Waals surface area contributed by atoms with Gasteiger partial charge in [0.2, 0.25) is 0 Å². The number of ether oxygens (including phenoxy) is 1. The van der Waals surface area contributed by atoms with Crippen molar-refractivity contribution in [2.45, 2.75) is 30.7 Å². The van der Waals surface area contributed by atoms with Gasteiger partial charge in [-0.15, -0.1) is 0 Å². The monoisotopic (exact) mass is 331 g/mol. The molecule has 0 amide bonds. The Kier molecular flexibility index (Phi) is 4.57. The average Bonchev–Trinajstić information content (AvgIpc) is 2.38. The molecule has 1 unspecified atom stereocenters. The number of hydrogen-bond donors (Lipinski definition) is 0. The predicted octanol–water partition coefficient (Wildman–Crippen LogP) is 4.24. The fraction of sp³-hybridized carbons (Fsp3) is 0.571. The van der Waals surface area contributed by atoms with Crippen LogP contribution in [-0.2, 0) is 10.1 Å². The van der Waals surface area contributed by atoms with E-state index in [0.29, 0.717) is 0 Å². The van der Waals surface area contributed by atoms with E-state index < -0.39 is 0 Å². The van der Waals surface area contributed by atoms with Crippen LogP contribution in [0.25, 0.3) is 0 Å². The minimum Gasteiger partial charge on any atom is -0.377 e. The molecule has 1 aliphatic rings. The summed E-state index contributed by atoms with van der Waals surface area (Å²) in [6.45, 7) is 4.11. The van der Waals surface area contributed by atoms with Gasteiger partial charge in [0.05, 0.1) is 16.3 Å². The van der Waals surface area contributed by atoms with Crippen LogP contribution in [0.2, 0.25) is 5.02 Å². The van der Waals surface area contributed by atoms with Crippen LogP contribution in [0.5, 0.6) is 0 Å². The van der Waals surface area contributed by atoms with Gasteiger partial charge in [-0.25, -0.2) is 0 Å². The van der Waals surface area contributed by atoms with Crippen molar-refractivity contribution in [2.75, 3.05) is 25.1 Å². The highest BCUT2D eigenvalue weighted by molar-refractivity contribution is 9.08. The van der Waals surface area contributed by atoms with Gasteiger partial charge in [0.1, 0.15) is 0 Å². The van der Waals surface area contributed by atoms with Crippen molar-refractivity contribution in [3.8, 4) is 0 Å². The lowest BCUT2D eigenvalue weighted by molar-refractivity contribution is -0.00466. The van der Waals surface area contributed by atoms with Crippen LogP contribution in [0.15, 0.2) is 18.2 Å². The van der Waals surface area contributed by atoms with Gasteiger partial charge >= 0.3 is 0 Å². The second kappa shape index (κ2) is 5.81. The molecule has 0 radical (unpaired) electrons. The van der Waals surface area contributed by atoms with Crippen molar-refractivity contribution >= 4 is 33.2 Å². The van der Waals surface area contributed by atoms with Gasteiger partial charge in [0.15, 0.2) is 0 Å². The highest BCUT2D eigenvalue weighted by atomic mass is 79.9. The molecule has 0 N–H and O–H groups in total. The Morgan fingerprint density at radius 3 is 2.94 bits per heavy atom. The van der Waals surface area contributed by atoms with Gasteiger partial charge in [-0.05, 0) is 31.4 Å². The topological polar surface area (TPSA) is 12.5 Å². The first-order valence-corrected chi connectivity index (χ1v) is 7.73. The van der Waals surface area contributed by atoms with Gasteiger partial charge in [-0.1, -0.05) is 39.7 Å². The Labute approximate surface area is 122 Å². The predicted molar refractivity (Wildman–Crippen MR) is 80.9 cm³/mol. The van der Waals surface area contributed by atoms with E-state index in [0.717, 1.165) is 42.0 Å². The number of nitrogens with zero attached hydrogens (tertiary/aromatic N) is 1. The Balaban J connectivity index is 2.31. The number of methoxy groups -OCH3 is 1. The molecule has 1 fully saturated rings. The highest BCUT2D eigenvalue weighted by Crippen LogP contribution is 2.35. The largest absolute Gasteiger partial charge is 0.377 e. The summed E-state index contributed by atoms with van der Waals surface area (Å²) in [7, 11) is 1.79. The number of para-hydroxylation sites is 1. The minimum atomic E-state index is -0.0684. The zero-order valence-corrected chi connectivity index (χ0v) is 13.2. The smallest absolute Gasteiger partial charge is 0.0825 e. The molecule has 1 heterocycles. The quantitative estimate of drug-likeness (QED) is 0.768. The summed E-state index contributed by atoms with van der Waals surface area (Å²) in [5.41, 5.74) is 2.32. The van der Waals surface area contributed by atoms with E-state index in [1.807, 2.05) is 12.1 Å². The lowest BCUT2D eigenvalue weighted by atomic mass is 9.94. The highest BCUT2D eigenvalue weighted by Gasteiger charge is 2.32. The molecule has 4 heteroatoms. The molecule has 100 valence electrons. The van der Waals surface area contributed by atoms with Crippen LogP contribution in [0, 0.1) is 0 Å². The number of hydrogen-bond acceptors (Lipinski definition) is 2. The van der Waals surface area contributed by atoms with E-state index >= 15 is 0 Å². The molecule has 1 aromatic carbocycles. The second-order valence-electron chi connectivity index (χ2n) is 5.06.